The number of carbonyl (C=O) groups is 2. The largest absolute Gasteiger partial charge is 0.507 e. The molecule has 3 rings (SSSR count). The summed E-state index contributed by atoms with van der Waals surface area (Å²) in [5.41, 5.74) is 0.377. The molecular weight excluding hydrogens is 350 g/mol. The van der Waals surface area contributed by atoms with E-state index in [1.54, 1.807) is 36.4 Å². The maximum absolute atomic E-state index is 12.7. The van der Waals surface area contributed by atoms with E-state index in [0.29, 0.717) is 23.7 Å². The van der Waals surface area contributed by atoms with E-state index >= 15 is 0 Å². The Morgan fingerprint density at radius 3 is 2.74 bits per heavy atom. The van der Waals surface area contributed by atoms with Crippen molar-refractivity contribution in [3.8, 4) is 5.75 Å². The normalized spacial score (nSPS) is 18.9. The van der Waals surface area contributed by atoms with Crippen molar-refractivity contribution >= 4 is 17.4 Å². The van der Waals surface area contributed by atoms with Gasteiger partial charge in [-0.05, 0) is 31.2 Å². The van der Waals surface area contributed by atoms with E-state index in [2.05, 4.69) is 0 Å². The molecule has 1 aromatic heterocycles. The first-order chi connectivity index (χ1) is 13.1. The van der Waals surface area contributed by atoms with E-state index in [-0.39, 0.29) is 24.5 Å². The highest BCUT2D eigenvalue weighted by atomic mass is 16.5. The van der Waals surface area contributed by atoms with Crippen LogP contribution in [0, 0.1) is 0 Å². The summed E-state index contributed by atoms with van der Waals surface area (Å²) in [6, 6.07) is 9.26. The molecule has 7 nitrogen and oxygen atoms in total. The third-order valence-electron chi connectivity index (χ3n) is 4.31. The van der Waals surface area contributed by atoms with Gasteiger partial charge in [-0.15, -0.1) is 0 Å². The molecule has 1 amide bonds. The number of carbonyl (C=O) groups excluding carboxylic acids is 2. The van der Waals surface area contributed by atoms with Gasteiger partial charge in [-0.25, -0.2) is 0 Å². The summed E-state index contributed by atoms with van der Waals surface area (Å²) in [6.45, 7) is 2.77. The number of ether oxygens (including phenoxy) is 2. The average molecular weight is 371 g/mol. The summed E-state index contributed by atoms with van der Waals surface area (Å²) in [5, 5.41) is 10.9. The van der Waals surface area contributed by atoms with Crippen molar-refractivity contribution in [2.24, 2.45) is 0 Å². The molecule has 0 bridgehead atoms. The number of nitrogens with zero attached hydrogens (tertiary/aromatic N) is 1. The Bertz CT molecular complexity index is 855. The standard InChI is InChI=1S/C20H21NO6/c1-3-26-14-7-4-6-13(12-14)18(22)16-17(15-8-5-10-27-15)21(9-11-25-2)20(24)19(16)23/h4-8,10,12,17,22H,3,9,11H2,1-2H3/t17-/m1/s1. The molecule has 1 fully saturated rings. The zero-order chi connectivity index (χ0) is 19.4. The van der Waals surface area contributed by atoms with Gasteiger partial charge in [0.05, 0.1) is 25.1 Å². The van der Waals surface area contributed by atoms with Crippen molar-refractivity contribution in [3.05, 3.63) is 59.6 Å². The number of aliphatic hydroxyl groups is 1. The molecule has 0 saturated carbocycles. The smallest absolute Gasteiger partial charge is 0.295 e. The van der Waals surface area contributed by atoms with Crippen LogP contribution in [0.15, 0.2) is 52.7 Å². The van der Waals surface area contributed by atoms with Crippen LogP contribution in [0.25, 0.3) is 5.76 Å². The van der Waals surface area contributed by atoms with Crippen LogP contribution in [0.1, 0.15) is 24.3 Å². The number of aliphatic hydroxyl groups excluding tert-OH is 1. The third-order valence-corrected chi connectivity index (χ3v) is 4.31. The lowest BCUT2D eigenvalue weighted by Gasteiger charge is -2.22. The zero-order valence-corrected chi connectivity index (χ0v) is 15.2. The van der Waals surface area contributed by atoms with Crippen molar-refractivity contribution in [2.75, 3.05) is 26.9 Å². The number of benzene rings is 1. The maximum Gasteiger partial charge on any atom is 0.295 e. The van der Waals surface area contributed by atoms with Crippen LogP contribution in [-0.2, 0) is 14.3 Å². The van der Waals surface area contributed by atoms with Gasteiger partial charge in [0.2, 0.25) is 0 Å². The SMILES string of the molecule is CCOc1cccc(C(O)=C2C(=O)C(=O)N(CCOC)[C@@H]2c2ccco2)c1. The highest BCUT2D eigenvalue weighted by Crippen LogP contribution is 2.39. The van der Waals surface area contributed by atoms with Crippen LogP contribution >= 0.6 is 0 Å². The van der Waals surface area contributed by atoms with Gasteiger partial charge in [-0.1, -0.05) is 12.1 Å². The second-order valence-electron chi connectivity index (χ2n) is 5.96. The molecule has 1 N–H and O–H groups in total. The zero-order valence-electron chi connectivity index (χ0n) is 15.2. The van der Waals surface area contributed by atoms with Crippen molar-refractivity contribution in [2.45, 2.75) is 13.0 Å². The third kappa shape index (κ3) is 3.59. The summed E-state index contributed by atoms with van der Waals surface area (Å²) < 4.78 is 15.9. The molecule has 2 aromatic rings. The lowest BCUT2D eigenvalue weighted by Crippen LogP contribution is -2.32. The first-order valence-electron chi connectivity index (χ1n) is 8.62. The second-order valence-corrected chi connectivity index (χ2v) is 5.96. The molecule has 0 unspecified atom stereocenters. The number of rotatable bonds is 7. The van der Waals surface area contributed by atoms with Crippen LogP contribution in [-0.4, -0.2) is 48.6 Å². The van der Waals surface area contributed by atoms with Gasteiger partial charge in [0.25, 0.3) is 11.7 Å². The van der Waals surface area contributed by atoms with E-state index < -0.39 is 17.7 Å². The van der Waals surface area contributed by atoms with Crippen LogP contribution < -0.4 is 4.74 Å². The van der Waals surface area contributed by atoms with Crippen molar-refractivity contribution in [3.63, 3.8) is 0 Å². The van der Waals surface area contributed by atoms with Crippen LogP contribution in [0.2, 0.25) is 0 Å². The number of hydrogen-bond acceptors (Lipinski definition) is 6. The average Bonchev–Trinajstić information content (AvgIpc) is 3.28. The summed E-state index contributed by atoms with van der Waals surface area (Å²) in [6.07, 6.45) is 1.46. The Kier molecular flexibility index (Phi) is 5.61. The number of furan rings is 1. The van der Waals surface area contributed by atoms with Gasteiger partial charge in [0, 0.05) is 19.2 Å². The first-order valence-corrected chi connectivity index (χ1v) is 8.62. The quantitative estimate of drug-likeness (QED) is 0.457. The van der Waals surface area contributed by atoms with Crippen molar-refractivity contribution < 1.29 is 28.6 Å². The maximum atomic E-state index is 12.7. The minimum Gasteiger partial charge on any atom is -0.507 e. The molecule has 27 heavy (non-hydrogen) atoms. The first kappa shape index (κ1) is 18.7. The lowest BCUT2D eigenvalue weighted by atomic mass is 9.99. The van der Waals surface area contributed by atoms with Gasteiger partial charge in [0.15, 0.2) is 0 Å². The molecule has 7 heteroatoms. The molecule has 1 saturated heterocycles. The van der Waals surface area contributed by atoms with Crippen molar-refractivity contribution in [1.82, 2.24) is 4.90 Å². The Morgan fingerprint density at radius 1 is 1.26 bits per heavy atom. The Labute approximate surface area is 156 Å². The summed E-state index contributed by atoms with van der Waals surface area (Å²) in [4.78, 5) is 26.6. The highest BCUT2D eigenvalue weighted by Gasteiger charge is 2.47. The Hall–Kier alpha value is -3.06. The summed E-state index contributed by atoms with van der Waals surface area (Å²) in [5.74, 6) is -0.767. The monoisotopic (exact) mass is 371 g/mol. The fourth-order valence-corrected chi connectivity index (χ4v) is 3.10. The highest BCUT2D eigenvalue weighted by molar-refractivity contribution is 6.46. The molecule has 0 radical (unpaired) electrons. The van der Waals surface area contributed by atoms with Gasteiger partial charge in [-0.2, -0.15) is 0 Å². The fraction of sp³-hybridized carbons (Fsp3) is 0.300. The van der Waals surface area contributed by atoms with E-state index in [4.69, 9.17) is 13.9 Å². The molecule has 0 aliphatic carbocycles. The fourth-order valence-electron chi connectivity index (χ4n) is 3.10. The Balaban J connectivity index is 2.10. The second kappa shape index (κ2) is 8.09. The topological polar surface area (TPSA) is 89.2 Å². The van der Waals surface area contributed by atoms with Gasteiger partial charge in [-0.3, -0.25) is 9.59 Å². The molecule has 0 spiro atoms. The molecule has 1 aromatic carbocycles. The number of ketones is 1. The molecule has 1 atom stereocenters. The van der Waals surface area contributed by atoms with Crippen LogP contribution in [0.4, 0.5) is 0 Å². The predicted octanol–water partition coefficient (Wildman–Crippen LogP) is 2.75. The molecule has 2 heterocycles. The number of methoxy groups -OCH3 is 1. The molecule has 142 valence electrons. The minimum atomic E-state index is -0.814. The summed E-state index contributed by atoms with van der Waals surface area (Å²) in [7, 11) is 1.51. The number of amides is 1. The van der Waals surface area contributed by atoms with E-state index in [1.807, 2.05) is 6.92 Å². The molecular formula is C20H21NO6. The number of hydrogen-bond donors (Lipinski definition) is 1. The molecule has 1 aliphatic rings. The number of likely N-dealkylation sites (tertiary alicyclic amines) is 1. The number of Topliss-reactive ketones (excluding diaryl/α,β-unsaturated/α-hetero) is 1. The molecule has 1 aliphatic heterocycles. The summed E-state index contributed by atoms with van der Waals surface area (Å²) >= 11 is 0. The van der Waals surface area contributed by atoms with Gasteiger partial charge < -0.3 is 23.9 Å². The Morgan fingerprint density at radius 2 is 2.07 bits per heavy atom. The van der Waals surface area contributed by atoms with E-state index in [1.165, 1.54) is 18.3 Å². The lowest BCUT2D eigenvalue weighted by molar-refractivity contribution is -0.140. The van der Waals surface area contributed by atoms with Crippen molar-refractivity contribution in [1.29, 1.82) is 0 Å². The van der Waals surface area contributed by atoms with Crippen LogP contribution in [0.3, 0.4) is 0 Å². The minimum absolute atomic E-state index is 0.0142. The predicted molar refractivity (Wildman–Crippen MR) is 97.2 cm³/mol. The van der Waals surface area contributed by atoms with E-state index in [9.17, 15) is 14.7 Å². The van der Waals surface area contributed by atoms with E-state index in [0.717, 1.165) is 0 Å². The van der Waals surface area contributed by atoms with Gasteiger partial charge in [0.1, 0.15) is 23.3 Å². The van der Waals surface area contributed by atoms with Crippen LogP contribution in [0.5, 0.6) is 5.75 Å². The van der Waals surface area contributed by atoms with Gasteiger partial charge >= 0.3 is 0 Å².